The molecule has 0 spiro atoms. The first-order valence-corrected chi connectivity index (χ1v) is 3.64. The van der Waals surface area contributed by atoms with Crippen molar-refractivity contribution in [1.29, 1.82) is 0 Å². The van der Waals surface area contributed by atoms with Gasteiger partial charge in [-0.15, -0.1) is 12.4 Å². The number of hydrogen-bond acceptors (Lipinski definition) is 3. The lowest BCUT2D eigenvalue weighted by Crippen LogP contribution is -2.39. The van der Waals surface area contributed by atoms with E-state index in [1.807, 2.05) is 0 Å². The van der Waals surface area contributed by atoms with Crippen molar-refractivity contribution in [1.82, 2.24) is 0 Å². The summed E-state index contributed by atoms with van der Waals surface area (Å²) in [6.45, 7) is 1.42. The van der Waals surface area contributed by atoms with E-state index >= 15 is 0 Å². The van der Waals surface area contributed by atoms with Gasteiger partial charge in [-0.3, -0.25) is 0 Å². The lowest BCUT2D eigenvalue weighted by Gasteiger charge is -2.40. The zero-order chi connectivity index (χ0) is 7.45. The highest BCUT2D eigenvalue weighted by molar-refractivity contribution is 5.85. The number of halogens is 1. The predicted molar refractivity (Wildman–Crippen MR) is 45.5 cm³/mol. The van der Waals surface area contributed by atoms with Crippen LogP contribution in [-0.4, -0.2) is 20.3 Å². The smallest absolute Gasteiger partial charge is 0.0757 e. The van der Waals surface area contributed by atoms with Gasteiger partial charge >= 0.3 is 0 Å². The molecule has 0 aliphatic heterocycles. The molecule has 1 aliphatic rings. The summed E-state index contributed by atoms with van der Waals surface area (Å²) in [5.41, 5.74) is 0.253. The maximum atomic E-state index is 5.07. The first kappa shape index (κ1) is 11.2. The standard InChI is InChI=1S/C7H15NO2.ClH/c1-9-5-7(6-10-8)3-2-4-7;/h2-6,8H2,1H3;1H. The van der Waals surface area contributed by atoms with Gasteiger partial charge in [0.25, 0.3) is 0 Å². The van der Waals surface area contributed by atoms with E-state index in [0.717, 1.165) is 6.61 Å². The summed E-state index contributed by atoms with van der Waals surface area (Å²) in [4.78, 5) is 4.62. The third-order valence-corrected chi connectivity index (χ3v) is 2.25. The van der Waals surface area contributed by atoms with Gasteiger partial charge < -0.3 is 9.57 Å². The second-order valence-corrected chi connectivity index (χ2v) is 3.10. The van der Waals surface area contributed by atoms with Crippen LogP contribution in [0.15, 0.2) is 0 Å². The van der Waals surface area contributed by atoms with Crippen molar-refractivity contribution in [3.8, 4) is 0 Å². The van der Waals surface area contributed by atoms with Gasteiger partial charge in [0.1, 0.15) is 0 Å². The Morgan fingerprint density at radius 3 is 2.27 bits per heavy atom. The molecule has 11 heavy (non-hydrogen) atoms. The molecule has 1 saturated carbocycles. The highest BCUT2D eigenvalue weighted by Crippen LogP contribution is 2.40. The molecule has 0 aromatic heterocycles. The van der Waals surface area contributed by atoms with Crippen molar-refractivity contribution in [2.75, 3.05) is 20.3 Å². The van der Waals surface area contributed by atoms with Crippen LogP contribution in [-0.2, 0) is 9.57 Å². The molecule has 68 valence electrons. The molecule has 1 fully saturated rings. The van der Waals surface area contributed by atoms with E-state index in [-0.39, 0.29) is 17.8 Å². The van der Waals surface area contributed by atoms with E-state index in [4.69, 9.17) is 10.6 Å². The first-order chi connectivity index (χ1) is 4.83. The van der Waals surface area contributed by atoms with Gasteiger partial charge in [0.15, 0.2) is 0 Å². The summed E-state index contributed by atoms with van der Waals surface area (Å²) in [5, 5.41) is 0. The normalized spacial score (nSPS) is 20.2. The Morgan fingerprint density at radius 2 is 2.00 bits per heavy atom. The van der Waals surface area contributed by atoms with Crippen LogP contribution in [0.1, 0.15) is 19.3 Å². The summed E-state index contributed by atoms with van der Waals surface area (Å²) in [6, 6.07) is 0. The second-order valence-electron chi connectivity index (χ2n) is 3.10. The second kappa shape index (κ2) is 4.93. The monoisotopic (exact) mass is 181 g/mol. The Balaban J connectivity index is 0.000001000. The summed E-state index contributed by atoms with van der Waals surface area (Å²) < 4.78 is 5.07. The molecular weight excluding hydrogens is 166 g/mol. The molecule has 0 aromatic carbocycles. The molecule has 1 aliphatic carbocycles. The van der Waals surface area contributed by atoms with E-state index in [9.17, 15) is 0 Å². The molecule has 4 heteroatoms. The predicted octanol–water partition coefficient (Wildman–Crippen LogP) is 1.12. The molecule has 0 bridgehead atoms. The number of rotatable bonds is 4. The lowest BCUT2D eigenvalue weighted by molar-refractivity contribution is -0.0554. The Kier molecular flexibility index (Phi) is 5.01. The van der Waals surface area contributed by atoms with Crippen LogP contribution in [0.5, 0.6) is 0 Å². The fourth-order valence-electron chi connectivity index (χ4n) is 1.49. The zero-order valence-corrected chi connectivity index (χ0v) is 7.65. The molecule has 1 rings (SSSR count). The van der Waals surface area contributed by atoms with Crippen LogP contribution in [0.3, 0.4) is 0 Å². The molecule has 0 unspecified atom stereocenters. The fourth-order valence-corrected chi connectivity index (χ4v) is 1.49. The topological polar surface area (TPSA) is 44.5 Å². The minimum atomic E-state index is 0. The largest absolute Gasteiger partial charge is 0.384 e. The van der Waals surface area contributed by atoms with Crippen molar-refractivity contribution >= 4 is 12.4 Å². The zero-order valence-electron chi connectivity index (χ0n) is 6.84. The average Bonchev–Trinajstić information content (AvgIpc) is 1.84. The summed E-state index contributed by atoms with van der Waals surface area (Å²) in [5.74, 6) is 5.00. The molecule has 0 atom stereocenters. The minimum absolute atomic E-state index is 0. The SMILES string of the molecule is COCC1(CON)CCC1.Cl. The number of hydrogen-bond donors (Lipinski definition) is 1. The van der Waals surface area contributed by atoms with Crippen molar-refractivity contribution in [2.45, 2.75) is 19.3 Å². The number of nitrogens with two attached hydrogens (primary N) is 1. The van der Waals surface area contributed by atoms with Crippen molar-refractivity contribution in [2.24, 2.45) is 11.3 Å². The highest BCUT2D eigenvalue weighted by atomic mass is 35.5. The summed E-state index contributed by atoms with van der Waals surface area (Å²) >= 11 is 0. The third-order valence-electron chi connectivity index (χ3n) is 2.25. The molecule has 0 amide bonds. The molecule has 0 heterocycles. The van der Waals surface area contributed by atoms with Crippen LogP contribution in [0.25, 0.3) is 0 Å². The van der Waals surface area contributed by atoms with E-state index in [1.54, 1.807) is 7.11 Å². The van der Waals surface area contributed by atoms with E-state index in [2.05, 4.69) is 4.84 Å². The molecule has 0 saturated heterocycles. The van der Waals surface area contributed by atoms with Gasteiger partial charge in [-0.2, -0.15) is 0 Å². The Labute approximate surface area is 73.6 Å². The Hall–Kier alpha value is 0.170. The Bertz CT molecular complexity index is 98.6. The quantitative estimate of drug-likeness (QED) is 0.661. The van der Waals surface area contributed by atoms with Crippen molar-refractivity contribution < 1.29 is 9.57 Å². The molecule has 0 radical (unpaired) electrons. The van der Waals surface area contributed by atoms with E-state index in [1.165, 1.54) is 19.3 Å². The summed E-state index contributed by atoms with van der Waals surface area (Å²) in [6.07, 6.45) is 3.67. The van der Waals surface area contributed by atoms with Crippen LogP contribution in [0, 0.1) is 5.41 Å². The molecule has 3 nitrogen and oxygen atoms in total. The van der Waals surface area contributed by atoms with Crippen LogP contribution >= 0.6 is 12.4 Å². The van der Waals surface area contributed by atoms with Crippen molar-refractivity contribution in [3.05, 3.63) is 0 Å². The van der Waals surface area contributed by atoms with Crippen LogP contribution in [0.4, 0.5) is 0 Å². The van der Waals surface area contributed by atoms with Gasteiger partial charge in [0.05, 0.1) is 13.2 Å². The Morgan fingerprint density at radius 1 is 1.36 bits per heavy atom. The van der Waals surface area contributed by atoms with Gasteiger partial charge in [-0.25, -0.2) is 5.90 Å². The van der Waals surface area contributed by atoms with Gasteiger partial charge in [0, 0.05) is 12.5 Å². The van der Waals surface area contributed by atoms with Crippen molar-refractivity contribution in [3.63, 3.8) is 0 Å². The molecule has 0 aromatic rings. The van der Waals surface area contributed by atoms with Crippen LogP contribution in [0.2, 0.25) is 0 Å². The lowest BCUT2D eigenvalue weighted by atomic mass is 9.70. The summed E-state index contributed by atoms with van der Waals surface area (Å²) in [7, 11) is 1.72. The van der Waals surface area contributed by atoms with E-state index < -0.39 is 0 Å². The average molecular weight is 182 g/mol. The fraction of sp³-hybridized carbons (Fsp3) is 1.00. The third kappa shape index (κ3) is 2.60. The van der Waals surface area contributed by atoms with Gasteiger partial charge in [-0.1, -0.05) is 6.42 Å². The minimum Gasteiger partial charge on any atom is -0.384 e. The molecular formula is C7H16ClNO2. The molecule has 2 N–H and O–H groups in total. The number of methoxy groups -OCH3 is 1. The van der Waals surface area contributed by atoms with Gasteiger partial charge in [-0.05, 0) is 12.8 Å². The first-order valence-electron chi connectivity index (χ1n) is 3.64. The highest BCUT2D eigenvalue weighted by Gasteiger charge is 2.37. The van der Waals surface area contributed by atoms with E-state index in [0.29, 0.717) is 6.61 Å². The van der Waals surface area contributed by atoms with Crippen LogP contribution < -0.4 is 5.90 Å². The van der Waals surface area contributed by atoms with Gasteiger partial charge in [0.2, 0.25) is 0 Å². The maximum absolute atomic E-state index is 5.07. The maximum Gasteiger partial charge on any atom is 0.0757 e. The number of ether oxygens (including phenoxy) is 1.